The topological polar surface area (TPSA) is 23.6 Å². The summed E-state index contributed by atoms with van der Waals surface area (Å²) in [5.41, 5.74) is 1.87. The summed E-state index contributed by atoms with van der Waals surface area (Å²) in [6.45, 7) is 5.54. The number of rotatable bonds is 6. The summed E-state index contributed by atoms with van der Waals surface area (Å²) in [6, 6.07) is 14.9. The van der Waals surface area contributed by atoms with E-state index in [1.807, 2.05) is 41.3 Å². The van der Waals surface area contributed by atoms with Crippen LogP contribution in [-0.4, -0.2) is 41.4 Å². The van der Waals surface area contributed by atoms with E-state index in [0.717, 1.165) is 61.0 Å². The average Bonchev–Trinajstić information content (AvgIpc) is 2.70. The predicted molar refractivity (Wildman–Crippen MR) is 110 cm³/mol. The van der Waals surface area contributed by atoms with Crippen LogP contribution in [-0.2, 0) is 6.54 Å². The molecule has 0 aromatic heterocycles. The quantitative estimate of drug-likeness (QED) is 0.633. The van der Waals surface area contributed by atoms with E-state index in [-0.39, 0.29) is 11.7 Å². The first kappa shape index (κ1) is 20.0. The van der Waals surface area contributed by atoms with Gasteiger partial charge in [-0.2, -0.15) is 0 Å². The van der Waals surface area contributed by atoms with Gasteiger partial charge in [0.15, 0.2) is 0 Å². The molecule has 1 heterocycles. The van der Waals surface area contributed by atoms with Gasteiger partial charge in [-0.1, -0.05) is 47.1 Å². The molecule has 2 aromatic rings. The number of hydrogen-bond acceptors (Lipinski definition) is 2. The summed E-state index contributed by atoms with van der Waals surface area (Å²) in [5.74, 6) is -0.0993. The molecule has 1 fully saturated rings. The molecule has 1 aliphatic rings. The second-order valence-corrected chi connectivity index (χ2v) is 7.95. The van der Waals surface area contributed by atoms with Crippen LogP contribution in [0.2, 0.25) is 0 Å². The molecular formula is C22H26BrFN2O. The van der Waals surface area contributed by atoms with Crippen molar-refractivity contribution >= 4 is 21.8 Å². The molecule has 0 spiro atoms. The maximum Gasteiger partial charge on any atom is 0.253 e. The Hall–Kier alpha value is -1.72. The number of hydrogen-bond donors (Lipinski definition) is 0. The van der Waals surface area contributed by atoms with Crippen molar-refractivity contribution < 1.29 is 9.18 Å². The molecule has 0 aliphatic carbocycles. The third-order valence-corrected chi connectivity index (χ3v) is 5.93. The highest BCUT2D eigenvalue weighted by Crippen LogP contribution is 2.24. The minimum Gasteiger partial charge on any atom is -0.339 e. The van der Waals surface area contributed by atoms with Gasteiger partial charge in [0.1, 0.15) is 5.82 Å². The highest BCUT2D eigenvalue weighted by Gasteiger charge is 2.27. The summed E-state index contributed by atoms with van der Waals surface area (Å²) in [6.07, 6.45) is 3.01. The van der Waals surface area contributed by atoms with Gasteiger partial charge >= 0.3 is 0 Å². The van der Waals surface area contributed by atoms with Gasteiger partial charge in [-0.25, -0.2) is 4.39 Å². The van der Waals surface area contributed by atoms with Crippen molar-refractivity contribution in [3.8, 4) is 0 Å². The Morgan fingerprint density at radius 1 is 1.19 bits per heavy atom. The van der Waals surface area contributed by atoms with E-state index < -0.39 is 0 Å². The number of likely N-dealkylation sites (tertiary alicyclic amines) is 1. The third-order valence-electron chi connectivity index (χ3n) is 5.19. The average molecular weight is 433 g/mol. The fourth-order valence-electron chi connectivity index (χ4n) is 3.74. The molecule has 0 bridgehead atoms. The van der Waals surface area contributed by atoms with E-state index in [1.165, 1.54) is 12.1 Å². The summed E-state index contributed by atoms with van der Waals surface area (Å²) in [7, 11) is 0. The number of piperidine rings is 1. The lowest BCUT2D eigenvalue weighted by Crippen LogP contribution is -2.46. The molecule has 0 saturated carbocycles. The molecule has 3 nitrogen and oxygen atoms in total. The lowest BCUT2D eigenvalue weighted by atomic mass is 10.0. The van der Waals surface area contributed by atoms with Crippen LogP contribution in [0.3, 0.4) is 0 Å². The largest absolute Gasteiger partial charge is 0.339 e. The van der Waals surface area contributed by atoms with Crippen LogP contribution in [0.5, 0.6) is 0 Å². The van der Waals surface area contributed by atoms with Gasteiger partial charge in [-0.05, 0) is 55.6 Å². The number of nitrogens with zero attached hydrogens (tertiary/aromatic N) is 2. The number of carbonyl (C=O) groups excluding carboxylic acids is 1. The Kier molecular flexibility index (Phi) is 7.02. The van der Waals surface area contributed by atoms with Crippen LogP contribution < -0.4 is 0 Å². The lowest BCUT2D eigenvalue weighted by molar-refractivity contribution is 0.0607. The van der Waals surface area contributed by atoms with E-state index >= 15 is 0 Å². The molecule has 1 aliphatic heterocycles. The van der Waals surface area contributed by atoms with Crippen LogP contribution in [0.25, 0.3) is 0 Å². The lowest BCUT2D eigenvalue weighted by Gasteiger charge is -2.38. The van der Waals surface area contributed by atoms with Crippen molar-refractivity contribution in [3.63, 3.8) is 0 Å². The van der Waals surface area contributed by atoms with Crippen molar-refractivity contribution in [1.82, 2.24) is 9.80 Å². The zero-order valence-electron chi connectivity index (χ0n) is 15.7. The van der Waals surface area contributed by atoms with E-state index in [1.54, 1.807) is 0 Å². The Morgan fingerprint density at radius 2 is 1.89 bits per heavy atom. The monoisotopic (exact) mass is 432 g/mol. The van der Waals surface area contributed by atoms with Crippen LogP contribution >= 0.6 is 15.9 Å². The maximum absolute atomic E-state index is 13.4. The molecule has 144 valence electrons. The Balaban J connectivity index is 1.62. The van der Waals surface area contributed by atoms with Gasteiger partial charge in [0.2, 0.25) is 0 Å². The molecule has 3 rings (SSSR count). The first-order valence-electron chi connectivity index (χ1n) is 9.60. The molecule has 1 saturated heterocycles. The van der Waals surface area contributed by atoms with Crippen molar-refractivity contribution in [3.05, 3.63) is 69.9 Å². The van der Waals surface area contributed by atoms with E-state index in [0.29, 0.717) is 6.04 Å². The van der Waals surface area contributed by atoms with Gasteiger partial charge in [0, 0.05) is 35.7 Å². The predicted octanol–water partition coefficient (Wildman–Crippen LogP) is 5.11. The first-order valence-corrected chi connectivity index (χ1v) is 10.4. The van der Waals surface area contributed by atoms with E-state index in [4.69, 9.17) is 0 Å². The Bertz CT molecular complexity index is 760. The summed E-state index contributed by atoms with van der Waals surface area (Å²) in [5, 5.41) is 0. The standard InChI is InChI=1S/C22H26BrFN2O/c1-2-12-26(16-18-8-9-19(24)15-21(18)23)20-10-13-25(14-11-20)22(27)17-6-4-3-5-7-17/h3-9,15,20H,2,10-14,16H2,1H3. The van der Waals surface area contributed by atoms with E-state index in [9.17, 15) is 9.18 Å². The van der Waals surface area contributed by atoms with Crippen molar-refractivity contribution in [1.29, 1.82) is 0 Å². The minimum atomic E-state index is -0.222. The van der Waals surface area contributed by atoms with Gasteiger partial charge < -0.3 is 4.90 Å². The molecular weight excluding hydrogens is 407 g/mol. The Morgan fingerprint density at radius 3 is 2.52 bits per heavy atom. The zero-order chi connectivity index (χ0) is 19.2. The number of halogens is 2. The smallest absolute Gasteiger partial charge is 0.253 e. The van der Waals surface area contributed by atoms with Gasteiger partial charge in [0.25, 0.3) is 5.91 Å². The SMILES string of the molecule is CCCN(Cc1ccc(F)cc1Br)C1CCN(C(=O)c2ccccc2)CC1. The van der Waals surface area contributed by atoms with Gasteiger partial charge in [-0.3, -0.25) is 9.69 Å². The summed E-state index contributed by atoms with van der Waals surface area (Å²) in [4.78, 5) is 17.1. The first-order chi connectivity index (χ1) is 13.1. The molecule has 0 radical (unpaired) electrons. The third kappa shape index (κ3) is 5.17. The number of benzene rings is 2. The molecule has 5 heteroatoms. The molecule has 1 amide bonds. The highest BCUT2D eigenvalue weighted by molar-refractivity contribution is 9.10. The van der Waals surface area contributed by atoms with Crippen molar-refractivity contribution in [2.75, 3.05) is 19.6 Å². The molecule has 2 aromatic carbocycles. The van der Waals surface area contributed by atoms with Crippen molar-refractivity contribution in [2.45, 2.75) is 38.8 Å². The molecule has 0 atom stereocenters. The molecule has 0 unspecified atom stereocenters. The minimum absolute atomic E-state index is 0.123. The second-order valence-electron chi connectivity index (χ2n) is 7.10. The maximum atomic E-state index is 13.4. The zero-order valence-corrected chi connectivity index (χ0v) is 17.3. The molecule has 0 N–H and O–H groups in total. The fourth-order valence-corrected chi connectivity index (χ4v) is 4.22. The number of amides is 1. The fraction of sp³-hybridized carbons (Fsp3) is 0.409. The van der Waals surface area contributed by atoms with Crippen LogP contribution in [0.15, 0.2) is 53.0 Å². The van der Waals surface area contributed by atoms with Crippen molar-refractivity contribution in [2.24, 2.45) is 0 Å². The second kappa shape index (κ2) is 9.47. The highest BCUT2D eigenvalue weighted by atomic mass is 79.9. The van der Waals surface area contributed by atoms with Gasteiger partial charge in [0.05, 0.1) is 0 Å². The van der Waals surface area contributed by atoms with Crippen LogP contribution in [0.4, 0.5) is 4.39 Å². The normalized spacial score (nSPS) is 15.3. The van der Waals surface area contributed by atoms with Crippen LogP contribution in [0, 0.1) is 5.82 Å². The summed E-state index contributed by atoms with van der Waals surface area (Å²) >= 11 is 3.49. The van der Waals surface area contributed by atoms with Crippen LogP contribution in [0.1, 0.15) is 42.1 Å². The number of carbonyl (C=O) groups is 1. The van der Waals surface area contributed by atoms with Gasteiger partial charge in [-0.15, -0.1) is 0 Å². The van der Waals surface area contributed by atoms with E-state index in [2.05, 4.69) is 27.8 Å². The summed E-state index contributed by atoms with van der Waals surface area (Å²) < 4.78 is 14.2. The molecule has 27 heavy (non-hydrogen) atoms. The Labute approximate surface area is 169 Å².